The van der Waals surface area contributed by atoms with Crippen molar-refractivity contribution >= 4 is 5.91 Å². The van der Waals surface area contributed by atoms with E-state index in [9.17, 15) is 4.79 Å². The number of nitrogens with one attached hydrogen (secondary N) is 1. The number of nitrogens with zero attached hydrogens (tertiary/aromatic N) is 2. The van der Waals surface area contributed by atoms with Gasteiger partial charge in [-0.05, 0) is 13.3 Å². The predicted molar refractivity (Wildman–Crippen MR) is 68.9 cm³/mol. The molecule has 0 radical (unpaired) electrons. The fourth-order valence-corrected chi connectivity index (χ4v) is 1.62. The second-order valence-corrected chi connectivity index (χ2v) is 4.27. The van der Waals surface area contributed by atoms with Gasteiger partial charge in [0.1, 0.15) is 6.04 Å². The molecule has 18 heavy (non-hydrogen) atoms. The maximum absolute atomic E-state index is 11.7. The van der Waals surface area contributed by atoms with Crippen molar-refractivity contribution in [2.75, 3.05) is 0 Å². The maximum Gasteiger partial charge on any atom is 0.253 e. The van der Waals surface area contributed by atoms with Gasteiger partial charge in [-0.3, -0.25) is 4.79 Å². The van der Waals surface area contributed by atoms with E-state index in [1.54, 1.807) is 13.0 Å². The fourth-order valence-electron chi connectivity index (χ4n) is 1.62. The lowest BCUT2D eigenvalue weighted by Gasteiger charge is -2.10. The molecule has 1 aromatic heterocycles. The van der Waals surface area contributed by atoms with E-state index in [1.807, 2.05) is 0 Å². The third-order valence-corrected chi connectivity index (χ3v) is 2.62. The number of unbranched alkanes of at least 4 members (excludes halogenated alkanes) is 3. The third kappa shape index (κ3) is 4.69. The molecule has 1 unspecified atom stereocenters. The first-order valence-electron chi connectivity index (χ1n) is 6.39. The molecule has 0 fully saturated rings. The molecule has 0 spiro atoms. The zero-order valence-corrected chi connectivity index (χ0v) is 11.1. The Kier molecular flexibility index (Phi) is 6.11. The SMILES string of the molecule is C=CC(NC(=O)CCCCCC)c1nc(C)no1. The second-order valence-electron chi connectivity index (χ2n) is 4.27. The normalized spacial score (nSPS) is 12.1. The molecule has 100 valence electrons. The molecule has 0 saturated heterocycles. The summed E-state index contributed by atoms with van der Waals surface area (Å²) in [6, 6.07) is -0.398. The monoisotopic (exact) mass is 251 g/mol. The first-order chi connectivity index (χ1) is 8.67. The van der Waals surface area contributed by atoms with Crippen LogP contribution in [0.2, 0.25) is 0 Å². The van der Waals surface area contributed by atoms with Crippen molar-refractivity contribution in [3.8, 4) is 0 Å². The van der Waals surface area contributed by atoms with E-state index in [4.69, 9.17) is 4.52 Å². The number of hydrogen-bond donors (Lipinski definition) is 1. The van der Waals surface area contributed by atoms with Crippen LogP contribution in [0.1, 0.15) is 56.8 Å². The van der Waals surface area contributed by atoms with E-state index < -0.39 is 6.04 Å². The van der Waals surface area contributed by atoms with Gasteiger partial charge in [0, 0.05) is 6.42 Å². The van der Waals surface area contributed by atoms with E-state index in [-0.39, 0.29) is 5.91 Å². The minimum Gasteiger partial charge on any atom is -0.341 e. The summed E-state index contributed by atoms with van der Waals surface area (Å²) in [4.78, 5) is 15.8. The minimum atomic E-state index is -0.398. The Morgan fingerprint density at radius 1 is 1.50 bits per heavy atom. The number of carbonyl (C=O) groups is 1. The zero-order chi connectivity index (χ0) is 13.4. The number of amides is 1. The molecule has 1 heterocycles. The van der Waals surface area contributed by atoms with Crippen LogP contribution in [0.25, 0.3) is 0 Å². The van der Waals surface area contributed by atoms with Crippen LogP contribution in [0.5, 0.6) is 0 Å². The minimum absolute atomic E-state index is 0.00754. The van der Waals surface area contributed by atoms with Crippen molar-refractivity contribution in [1.82, 2.24) is 15.5 Å². The number of carbonyl (C=O) groups excluding carboxylic acids is 1. The Balaban J connectivity index is 2.39. The highest BCUT2D eigenvalue weighted by atomic mass is 16.5. The number of aryl methyl sites for hydroxylation is 1. The third-order valence-electron chi connectivity index (χ3n) is 2.62. The first kappa shape index (κ1) is 14.4. The van der Waals surface area contributed by atoms with E-state index >= 15 is 0 Å². The average Bonchev–Trinajstić information content (AvgIpc) is 2.78. The Labute approximate surface area is 108 Å². The highest BCUT2D eigenvalue weighted by molar-refractivity contribution is 5.76. The molecule has 1 atom stereocenters. The van der Waals surface area contributed by atoms with Gasteiger partial charge in [-0.15, -0.1) is 6.58 Å². The molecule has 0 aliphatic heterocycles. The maximum atomic E-state index is 11.7. The summed E-state index contributed by atoms with van der Waals surface area (Å²) in [5, 5.41) is 6.51. The van der Waals surface area contributed by atoms with E-state index in [0.717, 1.165) is 19.3 Å². The Hall–Kier alpha value is -1.65. The Morgan fingerprint density at radius 2 is 2.28 bits per heavy atom. The molecule has 0 aliphatic rings. The summed E-state index contributed by atoms with van der Waals surface area (Å²) in [6.45, 7) is 7.55. The summed E-state index contributed by atoms with van der Waals surface area (Å²) in [5.74, 6) is 0.922. The molecule has 0 bridgehead atoms. The van der Waals surface area contributed by atoms with Crippen LogP contribution in [-0.4, -0.2) is 16.0 Å². The van der Waals surface area contributed by atoms with Gasteiger partial charge in [0.15, 0.2) is 5.82 Å². The number of rotatable bonds is 8. The standard InChI is InChI=1S/C13H21N3O2/c1-4-6-7-8-9-12(17)15-11(5-2)13-14-10(3)16-18-13/h5,11H,2,4,6-9H2,1,3H3,(H,15,17). The molecule has 0 aliphatic carbocycles. The quantitative estimate of drug-likeness (QED) is 0.569. The van der Waals surface area contributed by atoms with Crippen molar-refractivity contribution in [3.05, 3.63) is 24.4 Å². The number of hydrogen-bond acceptors (Lipinski definition) is 4. The van der Waals surface area contributed by atoms with Gasteiger partial charge in [0.2, 0.25) is 5.91 Å². The molecular weight excluding hydrogens is 230 g/mol. The molecule has 0 saturated carbocycles. The lowest BCUT2D eigenvalue weighted by Crippen LogP contribution is -2.27. The molecule has 5 nitrogen and oxygen atoms in total. The lowest BCUT2D eigenvalue weighted by molar-refractivity contribution is -0.121. The van der Waals surface area contributed by atoms with Crippen LogP contribution in [0.3, 0.4) is 0 Å². The molecule has 1 aromatic rings. The van der Waals surface area contributed by atoms with E-state index in [2.05, 4.69) is 29.0 Å². The van der Waals surface area contributed by atoms with Gasteiger partial charge in [-0.25, -0.2) is 0 Å². The van der Waals surface area contributed by atoms with Gasteiger partial charge in [-0.1, -0.05) is 37.4 Å². The smallest absolute Gasteiger partial charge is 0.253 e. The van der Waals surface area contributed by atoms with Crippen LogP contribution in [0.4, 0.5) is 0 Å². The lowest BCUT2D eigenvalue weighted by atomic mass is 10.1. The molecular formula is C13H21N3O2. The summed E-state index contributed by atoms with van der Waals surface area (Å²) in [5.41, 5.74) is 0. The van der Waals surface area contributed by atoms with Crippen LogP contribution >= 0.6 is 0 Å². The Bertz CT molecular complexity index is 387. The average molecular weight is 251 g/mol. The molecule has 1 rings (SSSR count). The van der Waals surface area contributed by atoms with E-state index in [0.29, 0.717) is 18.1 Å². The van der Waals surface area contributed by atoms with Gasteiger partial charge >= 0.3 is 0 Å². The van der Waals surface area contributed by atoms with Crippen molar-refractivity contribution in [1.29, 1.82) is 0 Å². The zero-order valence-electron chi connectivity index (χ0n) is 11.1. The number of aromatic nitrogens is 2. The van der Waals surface area contributed by atoms with Gasteiger partial charge in [0.05, 0.1) is 0 Å². The van der Waals surface area contributed by atoms with Crippen molar-refractivity contribution in [2.45, 2.75) is 52.0 Å². The van der Waals surface area contributed by atoms with E-state index in [1.165, 1.54) is 6.42 Å². The molecule has 1 amide bonds. The summed E-state index contributed by atoms with van der Waals surface area (Å²) in [7, 11) is 0. The van der Waals surface area contributed by atoms with Crippen LogP contribution in [0.15, 0.2) is 17.2 Å². The molecule has 0 aromatic carbocycles. The highest BCUT2D eigenvalue weighted by Gasteiger charge is 2.16. The molecule has 1 N–H and O–H groups in total. The highest BCUT2D eigenvalue weighted by Crippen LogP contribution is 2.12. The van der Waals surface area contributed by atoms with Crippen LogP contribution in [0, 0.1) is 6.92 Å². The molecule has 5 heteroatoms. The topological polar surface area (TPSA) is 68.0 Å². The van der Waals surface area contributed by atoms with Crippen molar-refractivity contribution < 1.29 is 9.32 Å². The van der Waals surface area contributed by atoms with Gasteiger partial charge < -0.3 is 9.84 Å². The van der Waals surface area contributed by atoms with Crippen LogP contribution < -0.4 is 5.32 Å². The first-order valence-corrected chi connectivity index (χ1v) is 6.39. The van der Waals surface area contributed by atoms with Crippen molar-refractivity contribution in [2.24, 2.45) is 0 Å². The summed E-state index contributed by atoms with van der Waals surface area (Å²) in [6.07, 6.45) is 6.45. The largest absolute Gasteiger partial charge is 0.341 e. The van der Waals surface area contributed by atoms with Crippen molar-refractivity contribution in [3.63, 3.8) is 0 Å². The van der Waals surface area contributed by atoms with Gasteiger partial charge in [0.25, 0.3) is 5.89 Å². The fraction of sp³-hybridized carbons (Fsp3) is 0.615. The summed E-state index contributed by atoms with van der Waals surface area (Å²) < 4.78 is 5.01. The van der Waals surface area contributed by atoms with Crippen LogP contribution in [-0.2, 0) is 4.79 Å². The predicted octanol–water partition coefficient (Wildman–Crippen LogP) is 2.69. The Morgan fingerprint density at radius 3 is 2.83 bits per heavy atom. The second kappa shape index (κ2) is 7.63. The summed E-state index contributed by atoms with van der Waals surface area (Å²) >= 11 is 0. The van der Waals surface area contributed by atoms with Gasteiger partial charge in [-0.2, -0.15) is 4.98 Å².